The van der Waals surface area contributed by atoms with Crippen molar-refractivity contribution >= 4 is 28.6 Å². The van der Waals surface area contributed by atoms with Crippen molar-refractivity contribution in [2.24, 2.45) is 0 Å². The van der Waals surface area contributed by atoms with Crippen molar-refractivity contribution < 1.29 is 37.4 Å². The van der Waals surface area contributed by atoms with E-state index in [4.69, 9.17) is 27.8 Å². The quantitative estimate of drug-likeness (QED) is 0.0688. The van der Waals surface area contributed by atoms with Gasteiger partial charge in [-0.3, -0.25) is 9.59 Å². The van der Waals surface area contributed by atoms with Gasteiger partial charge in [-0.05, 0) is 79.6 Å². The molecule has 8 nitrogen and oxygen atoms in total. The first-order chi connectivity index (χ1) is 20.9. The fraction of sp³-hybridized carbons (Fsp3) is 0.771. The van der Waals surface area contributed by atoms with Crippen LogP contribution in [0, 0.1) is 0 Å². The van der Waals surface area contributed by atoms with Gasteiger partial charge in [-0.2, -0.15) is 0 Å². The highest BCUT2D eigenvalue weighted by Gasteiger charge is 2.37. The summed E-state index contributed by atoms with van der Waals surface area (Å²) in [4.78, 5) is 25.1. The topological polar surface area (TPSA) is 89.5 Å². The number of rotatable bonds is 22. The normalized spacial score (nSPS) is 13.4. The van der Waals surface area contributed by atoms with Crippen LogP contribution in [0.1, 0.15) is 98.5 Å². The molecule has 1 aromatic rings. The lowest BCUT2D eigenvalue weighted by Crippen LogP contribution is -2.40. The number of methoxy groups -OCH3 is 1. The fourth-order valence-electron chi connectivity index (χ4n) is 3.83. The molecule has 0 bridgehead atoms. The molecule has 0 aliphatic carbocycles. The maximum absolute atomic E-state index is 12.7. The number of hydrogen-bond donors (Lipinski definition) is 0. The molecular formula is C35H64O8Si2. The van der Waals surface area contributed by atoms with Crippen LogP contribution in [-0.4, -0.2) is 68.2 Å². The van der Waals surface area contributed by atoms with Gasteiger partial charge in [-0.15, -0.1) is 0 Å². The molecule has 0 aliphatic heterocycles. The Morgan fingerprint density at radius 1 is 0.689 bits per heavy atom. The van der Waals surface area contributed by atoms with Crippen molar-refractivity contribution in [3.8, 4) is 5.75 Å². The van der Waals surface area contributed by atoms with Gasteiger partial charge in [-0.25, -0.2) is 0 Å². The van der Waals surface area contributed by atoms with Crippen molar-refractivity contribution in [2.45, 2.75) is 142 Å². The summed E-state index contributed by atoms with van der Waals surface area (Å²) in [5.74, 6) is 0.168. The van der Waals surface area contributed by atoms with Crippen LogP contribution in [0.25, 0.3) is 0 Å². The average Bonchev–Trinajstić information content (AvgIpc) is 2.94. The average molecular weight is 669 g/mol. The van der Waals surface area contributed by atoms with Crippen LogP contribution in [0.5, 0.6) is 5.75 Å². The molecule has 0 amide bonds. The Labute approximate surface area is 276 Å². The van der Waals surface area contributed by atoms with Crippen LogP contribution in [-0.2, 0) is 39.3 Å². The monoisotopic (exact) mass is 668 g/mol. The predicted octanol–water partition coefficient (Wildman–Crippen LogP) is 8.83. The van der Waals surface area contributed by atoms with E-state index in [2.05, 4.69) is 67.7 Å². The van der Waals surface area contributed by atoms with Crippen molar-refractivity contribution in [3.05, 3.63) is 29.8 Å². The Bertz CT molecular complexity index is 981. The molecule has 10 heteroatoms. The molecular weight excluding hydrogens is 605 g/mol. The molecule has 45 heavy (non-hydrogen) atoms. The number of hydrogen-bond acceptors (Lipinski definition) is 8. The second-order valence-electron chi connectivity index (χ2n) is 15.0. The molecule has 0 radical (unpaired) electrons. The molecule has 0 saturated carbocycles. The van der Waals surface area contributed by atoms with Gasteiger partial charge in [0.15, 0.2) is 22.7 Å². The third kappa shape index (κ3) is 17.1. The van der Waals surface area contributed by atoms with Crippen molar-refractivity contribution in [1.82, 2.24) is 0 Å². The molecule has 260 valence electrons. The molecule has 0 saturated heterocycles. The third-order valence-electron chi connectivity index (χ3n) is 9.05. The maximum atomic E-state index is 12.7. The summed E-state index contributed by atoms with van der Waals surface area (Å²) in [6.45, 7) is 24.3. The van der Waals surface area contributed by atoms with Crippen LogP contribution in [0.4, 0.5) is 0 Å². The zero-order chi connectivity index (χ0) is 34.2. The molecule has 0 aromatic heterocycles. The lowest BCUT2D eigenvalue weighted by Gasteiger charge is -2.36. The Morgan fingerprint density at radius 2 is 1.18 bits per heavy atom. The van der Waals surface area contributed by atoms with Gasteiger partial charge in [-0.1, -0.05) is 66.5 Å². The highest BCUT2D eigenvalue weighted by atomic mass is 28.4. The Kier molecular flexibility index (Phi) is 18.2. The van der Waals surface area contributed by atoms with Gasteiger partial charge in [0.25, 0.3) is 0 Å². The van der Waals surface area contributed by atoms with Gasteiger partial charge < -0.3 is 27.8 Å². The van der Waals surface area contributed by atoms with E-state index in [-0.39, 0.29) is 35.2 Å². The lowest BCUT2D eigenvalue weighted by molar-refractivity contribution is -0.163. The molecule has 0 N–H and O–H groups in total. The molecule has 0 heterocycles. The molecule has 0 unspecified atom stereocenters. The van der Waals surface area contributed by atoms with Crippen LogP contribution in [0.15, 0.2) is 24.3 Å². The van der Waals surface area contributed by atoms with E-state index in [1.54, 1.807) is 7.11 Å². The number of carbonyl (C=O) groups is 2. The minimum atomic E-state index is -1.76. The number of esters is 2. The van der Waals surface area contributed by atoms with Crippen LogP contribution < -0.4 is 4.74 Å². The fourth-order valence-corrected chi connectivity index (χ4v) is 6.01. The van der Waals surface area contributed by atoms with Gasteiger partial charge in [0, 0.05) is 26.1 Å². The second-order valence-corrected chi connectivity index (χ2v) is 24.6. The summed E-state index contributed by atoms with van der Waals surface area (Å²) in [7, 11) is -1.88. The van der Waals surface area contributed by atoms with E-state index in [1.807, 2.05) is 24.3 Å². The van der Waals surface area contributed by atoms with E-state index in [1.165, 1.54) is 0 Å². The summed E-state index contributed by atoms with van der Waals surface area (Å²) in [6.07, 6.45) is 5.03. The highest BCUT2D eigenvalue weighted by Crippen LogP contribution is 2.37. The zero-order valence-electron chi connectivity index (χ0n) is 30.3. The zero-order valence-corrected chi connectivity index (χ0v) is 32.3. The first-order valence-corrected chi connectivity index (χ1v) is 22.5. The van der Waals surface area contributed by atoms with Gasteiger partial charge in [0.2, 0.25) is 0 Å². The van der Waals surface area contributed by atoms with Gasteiger partial charge in [0.1, 0.15) is 12.4 Å². The SMILES string of the molecule is COc1ccc(COC[C@@H](COC(=O)CCCCCO[Si](C)(C)C(C)(C)C)OC(=O)CCCCCO[Si](C)(C)C(C)(C)C)cc1. The smallest absolute Gasteiger partial charge is 0.306 e. The largest absolute Gasteiger partial charge is 0.497 e. The number of ether oxygens (including phenoxy) is 4. The number of benzene rings is 1. The third-order valence-corrected chi connectivity index (χ3v) is 18.1. The Hall–Kier alpha value is -1.73. The number of unbranched alkanes of at least 4 members (excludes halogenated alkanes) is 4. The highest BCUT2D eigenvalue weighted by molar-refractivity contribution is 6.74. The first kappa shape index (κ1) is 41.3. The van der Waals surface area contributed by atoms with Crippen molar-refractivity contribution in [3.63, 3.8) is 0 Å². The molecule has 1 atom stereocenters. The summed E-state index contributed by atoms with van der Waals surface area (Å²) in [5, 5.41) is 0.374. The molecule has 0 aliphatic rings. The van der Waals surface area contributed by atoms with E-state index in [0.717, 1.165) is 56.4 Å². The van der Waals surface area contributed by atoms with Crippen LogP contribution in [0.2, 0.25) is 36.3 Å². The molecule has 1 aromatic carbocycles. The van der Waals surface area contributed by atoms with Gasteiger partial charge >= 0.3 is 11.9 Å². The maximum Gasteiger partial charge on any atom is 0.306 e. The molecule has 0 spiro atoms. The standard InChI is InChI=1S/C35H64O8Si2/c1-34(2,3)44(8,9)41-24-16-12-14-18-32(36)40-28-31(27-39-26-29-20-22-30(38-7)23-21-29)43-33(37)19-15-13-17-25-42-45(10,11)35(4,5)6/h20-23,31H,12-19,24-28H2,1-11H3/t31-/m0/s1. The van der Waals surface area contributed by atoms with E-state index >= 15 is 0 Å². The van der Waals surface area contributed by atoms with Gasteiger partial charge in [0.05, 0.1) is 20.3 Å². The lowest BCUT2D eigenvalue weighted by atomic mass is 10.2. The molecule has 0 fully saturated rings. The Morgan fingerprint density at radius 3 is 1.64 bits per heavy atom. The van der Waals surface area contributed by atoms with E-state index in [9.17, 15) is 9.59 Å². The second kappa shape index (κ2) is 19.8. The summed E-state index contributed by atoms with van der Waals surface area (Å²) in [6, 6.07) is 7.59. The molecule has 1 rings (SSSR count). The van der Waals surface area contributed by atoms with Crippen LogP contribution in [0.3, 0.4) is 0 Å². The summed E-state index contributed by atoms with van der Waals surface area (Å²) < 4.78 is 34.7. The van der Waals surface area contributed by atoms with Crippen molar-refractivity contribution in [1.29, 1.82) is 0 Å². The van der Waals surface area contributed by atoms with Crippen LogP contribution >= 0.6 is 0 Å². The number of carbonyl (C=O) groups excluding carboxylic acids is 2. The Balaban J connectivity index is 2.48. The minimum Gasteiger partial charge on any atom is -0.497 e. The van der Waals surface area contributed by atoms with E-state index in [0.29, 0.717) is 26.1 Å². The summed E-state index contributed by atoms with van der Waals surface area (Å²) in [5.41, 5.74) is 0.968. The first-order valence-electron chi connectivity index (χ1n) is 16.7. The minimum absolute atomic E-state index is 0.0258. The van der Waals surface area contributed by atoms with Crippen molar-refractivity contribution in [2.75, 3.05) is 33.5 Å². The summed E-state index contributed by atoms with van der Waals surface area (Å²) >= 11 is 0. The predicted molar refractivity (Wildman–Crippen MR) is 187 cm³/mol. The van der Waals surface area contributed by atoms with E-state index < -0.39 is 22.7 Å².